The fourth-order valence-electron chi connectivity index (χ4n) is 6.17. The molecule has 0 saturated carbocycles. The van der Waals surface area contributed by atoms with Crippen molar-refractivity contribution >= 4 is 28.8 Å². The van der Waals surface area contributed by atoms with E-state index in [4.69, 9.17) is 14.5 Å². The van der Waals surface area contributed by atoms with Crippen LogP contribution in [-0.2, 0) is 22.4 Å². The van der Waals surface area contributed by atoms with E-state index in [0.717, 1.165) is 41.0 Å². The number of nitrogens with one attached hydrogen (secondary N) is 1. The highest BCUT2D eigenvalue weighted by Gasteiger charge is 2.18. The summed E-state index contributed by atoms with van der Waals surface area (Å²) in [7, 11) is 1.59. The molecule has 0 unspecified atom stereocenters. The number of aromatic nitrogens is 2. The molecule has 1 aromatic heterocycles. The molecule has 0 atom stereocenters. The topological polar surface area (TPSA) is 79.8 Å². The molecule has 4 aromatic rings. The van der Waals surface area contributed by atoms with Gasteiger partial charge in [0.05, 0.1) is 31.7 Å². The highest BCUT2D eigenvalue weighted by atomic mass is 19.1. The Bertz CT molecular complexity index is 1700. The van der Waals surface area contributed by atoms with Gasteiger partial charge >= 0.3 is 0 Å². The Labute approximate surface area is 269 Å². The van der Waals surface area contributed by atoms with E-state index in [0.29, 0.717) is 55.8 Å². The molecule has 0 aliphatic carbocycles. The van der Waals surface area contributed by atoms with Crippen LogP contribution >= 0.6 is 0 Å². The van der Waals surface area contributed by atoms with Crippen molar-refractivity contribution in [2.45, 2.75) is 32.1 Å². The van der Waals surface area contributed by atoms with Crippen molar-refractivity contribution in [2.75, 3.05) is 61.6 Å². The maximum atomic E-state index is 15.3. The fraction of sp³-hybridized carbons (Fsp3) is 0.324. The van der Waals surface area contributed by atoms with E-state index in [9.17, 15) is 4.79 Å². The molecule has 2 aliphatic heterocycles. The summed E-state index contributed by atoms with van der Waals surface area (Å²) in [6.07, 6.45) is 7.37. The normalized spacial score (nSPS) is 15.0. The van der Waals surface area contributed by atoms with E-state index in [-0.39, 0.29) is 18.0 Å². The molecule has 2 saturated heterocycles. The predicted molar refractivity (Wildman–Crippen MR) is 181 cm³/mol. The first kappa shape index (κ1) is 31.2. The number of ketones is 1. The molecule has 0 radical (unpaired) electrons. The van der Waals surface area contributed by atoms with Gasteiger partial charge in [-0.1, -0.05) is 18.7 Å². The van der Waals surface area contributed by atoms with E-state index in [2.05, 4.69) is 33.9 Å². The van der Waals surface area contributed by atoms with Crippen molar-refractivity contribution < 1.29 is 18.7 Å². The second-order valence-electron chi connectivity index (χ2n) is 11.7. The summed E-state index contributed by atoms with van der Waals surface area (Å²) in [6, 6.07) is 19.4. The van der Waals surface area contributed by atoms with Crippen LogP contribution in [0.15, 0.2) is 79.5 Å². The number of nitrogens with zero attached hydrogens (tertiary/aromatic N) is 4. The fourth-order valence-corrected chi connectivity index (χ4v) is 6.17. The first-order chi connectivity index (χ1) is 22.5. The van der Waals surface area contributed by atoms with Crippen molar-refractivity contribution in [3.8, 4) is 17.0 Å². The van der Waals surface area contributed by atoms with Crippen molar-refractivity contribution in [3.63, 3.8) is 0 Å². The molecular formula is C37H40FN5O3. The number of anilines is 4. The van der Waals surface area contributed by atoms with Crippen molar-refractivity contribution in [1.29, 1.82) is 0 Å². The lowest BCUT2D eigenvalue weighted by Crippen LogP contribution is -2.36. The van der Waals surface area contributed by atoms with E-state index < -0.39 is 0 Å². The summed E-state index contributed by atoms with van der Waals surface area (Å²) in [5.74, 6) is 0.694. The standard InChI is InChI=1S/C37H40FN5O3/c1-3-32(44)23-28-22-27(11-13-35(28)45-2)36-29(20-26-10-12-34(33(38)21-26)43-16-18-46-19-17-43)25-39-37(41-36)40-30-8-7-9-31(24-30)42-14-5-4-6-15-42/h3,7-13,21-22,24-25H,1,4-6,14-20,23H2,2H3,(H,39,40,41). The third-order valence-electron chi connectivity index (χ3n) is 8.59. The van der Waals surface area contributed by atoms with Gasteiger partial charge in [0.2, 0.25) is 5.95 Å². The number of halogens is 1. The summed E-state index contributed by atoms with van der Waals surface area (Å²) in [4.78, 5) is 26.4. The summed E-state index contributed by atoms with van der Waals surface area (Å²) in [6.45, 7) is 8.24. The highest BCUT2D eigenvalue weighted by Crippen LogP contribution is 2.32. The summed E-state index contributed by atoms with van der Waals surface area (Å²) in [5, 5.41) is 3.40. The molecule has 0 amide bonds. The van der Waals surface area contributed by atoms with Crippen LogP contribution in [0.2, 0.25) is 0 Å². The molecule has 6 rings (SSSR count). The minimum atomic E-state index is -0.261. The van der Waals surface area contributed by atoms with Gasteiger partial charge < -0.3 is 24.6 Å². The molecule has 238 valence electrons. The molecule has 3 heterocycles. The lowest BCUT2D eigenvalue weighted by atomic mass is 9.97. The minimum Gasteiger partial charge on any atom is -0.496 e. The van der Waals surface area contributed by atoms with E-state index in [1.54, 1.807) is 19.4 Å². The van der Waals surface area contributed by atoms with Gasteiger partial charge in [-0.3, -0.25) is 4.79 Å². The molecular weight excluding hydrogens is 581 g/mol. The largest absolute Gasteiger partial charge is 0.496 e. The number of carbonyl (C=O) groups excluding carboxylic acids is 1. The van der Waals surface area contributed by atoms with Crippen LogP contribution in [-0.4, -0.2) is 62.3 Å². The lowest BCUT2D eigenvalue weighted by molar-refractivity contribution is -0.114. The second-order valence-corrected chi connectivity index (χ2v) is 11.7. The number of methoxy groups -OCH3 is 1. The Hall–Kier alpha value is -4.76. The first-order valence-electron chi connectivity index (χ1n) is 15.9. The zero-order valence-electron chi connectivity index (χ0n) is 26.3. The zero-order chi connectivity index (χ0) is 31.9. The highest BCUT2D eigenvalue weighted by molar-refractivity contribution is 5.91. The van der Waals surface area contributed by atoms with Gasteiger partial charge in [0.1, 0.15) is 11.6 Å². The maximum absolute atomic E-state index is 15.3. The second kappa shape index (κ2) is 14.6. The third-order valence-corrected chi connectivity index (χ3v) is 8.59. The smallest absolute Gasteiger partial charge is 0.227 e. The van der Waals surface area contributed by atoms with Gasteiger partial charge in [-0.15, -0.1) is 0 Å². The van der Waals surface area contributed by atoms with Gasteiger partial charge in [0, 0.05) is 73.3 Å². The Morgan fingerprint density at radius 2 is 1.83 bits per heavy atom. The van der Waals surface area contributed by atoms with Crippen LogP contribution in [0.5, 0.6) is 5.75 Å². The van der Waals surface area contributed by atoms with Gasteiger partial charge in [-0.25, -0.2) is 14.4 Å². The number of hydrogen-bond donors (Lipinski definition) is 1. The van der Waals surface area contributed by atoms with E-state index in [1.165, 1.54) is 31.0 Å². The monoisotopic (exact) mass is 621 g/mol. The number of allylic oxidation sites excluding steroid dienone is 1. The van der Waals surface area contributed by atoms with Crippen molar-refractivity contribution in [1.82, 2.24) is 9.97 Å². The maximum Gasteiger partial charge on any atom is 0.227 e. The average Bonchev–Trinajstić information content (AvgIpc) is 3.10. The van der Waals surface area contributed by atoms with Crippen LogP contribution in [0.25, 0.3) is 11.3 Å². The average molecular weight is 622 g/mol. The summed E-state index contributed by atoms with van der Waals surface area (Å²) >= 11 is 0. The first-order valence-corrected chi connectivity index (χ1v) is 15.9. The molecule has 2 aliphatic rings. The molecule has 0 bridgehead atoms. The Morgan fingerprint density at radius 1 is 1.00 bits per heavy atom. The number of rotatable bonds is 11. The Kier molecular flexibility index (Phi) is 9.88. The number of benzene rings is 3. The van der Waals surface area contributed by atoms with E-state index in [1.807, 2.05) is 47.4 Å². The van der Waals surface area contributed by atoms with Crippen molar-refractivity contribution in [2.24, 2.45) is 0 Å². The van der Waals surface area contributed by atoms with Crippen LogP contribution in [0.3, 0.4) is 0 Å². The van der Waals surface area contributed by atoms with Crippen LogP contribution < -0.4 is 19.9 Å². The molecule has 46 heavy (non-hydrogen) atoms. The third kappa shape index (κ3) is 7.37. The zero-order valence-corrected chi connectivity index (χ0v) is 26.3. The number of ether oxygens (including phenoxy) is 2. The van der Waals surface area contributed by atoms with Gasteiger partial charge in [0.15, 0.2) is 5.78 Å². The summed E-state index contributed by atoms with van der Waals surface area (Å²) in [5.41, 5.74) is 6.53. The minimum absolute atomic E-state index is 0.106. The number of piperidine rings is 1. The van der Waals surface area contributed by atoms with Gasteiger partial charge in [0.25, 0.3) is 0 Å². The quantitative estimate of drug-likeness (QED) is 0.184. The number of hydrogen-bond acceptors (Lipinski definition) is 8. The molecule has 3 aromatic carbocycles. The molecule has 9 heteroatoms. The Balaban J connectivity index is 1.34. The summed E-state index contributed by atoms with van der Waals surface area (Å²) < 4.78 is 26.3. The lowest BCUT2D eigenvalue weighted by Gasteiger charge is -2.29. The number of morpholine rings is 1. The van der Waals surface area contributed by atoms with Gasteiger partial charge in [-0.05, 0) is 79.4 Å². The predicted octanol–water partition coefficient (Wildman–Crippen LogP) is 6.75. The van der Waals surface area contributed by atoms with Gasteiger partial charge in [-0.2, -0.15) is 0 Å². The van der Waals surface area contributed by atoms with Crippen molar-refractivity contribution in [3.05, 3.63) is 102 Å². The van der Waals surface area contributed by atoms with Crippen LogP contribution in [0.4, 0.5) is 27.4 Å². The molecule has 0 spiro atoms. The molecule has 8 nitrogen and oxygen atoms in total. The molecule has 1 N–H and O–H groups in total. The number of carbonyl (C=O) groups is 1. The van der Waals surface area contributed by atoms with Crippen LogP contribution in [0, 0.1) is 5.82 Å². The SMILES string of the molecule is C=CC(=O)Cc1cc(-c2nc(Nc3cccc(N4CCCCC4)c3)ncc2Cc2ccc(N3CCOCC3)c(F)c2)ccc1OC. The van der Waals surface area contributed by atoms with E-state index >= 15 is 4.39 Å². The van der Waals surface area contributed by atoms with Crippen LogP contribution in [0.1, 0.15) is 36.0 Å². The molecule has 2 fully saturated rings. The Morgan fingerprint density at radius 3 is 2.59 bits per heavy atom.